The number of nitrogens with one attached hydrogen (secondary N) is 1. The number of piperazine rings is 1. The summed E-state index contributed by atoms with van der Waals surface area (Å²) in [7, 11) is 0. The van der Waals surface area contributed by atoms with E-state index in [0.29, 0.717) is 0 Å². The lowest BCUT2D eigenvalue weighted by Gasteiger charge is -2.34. The molecule has 5 nitrogen and oxygen atoms in total. The molecule has 1 aliphatic rings. The number of carbonyl (C=O) groups excluding carboxylic acids is 1. The molecule has 0 spiro atoms. The first-order chi connectivity index (χ1) is 11.8. The number of nitrogens with zero attached hydrogens (tertiary/aromatic N) is 3. The molecule has 24 heavy (non-hydrogen) atoms. The zero-order valence-electron chi connectivity index (χ0n) is 13.8. The second kappa shape index (κ2) is 8.17. The summed E-state index contributed by atoms with van der Waals surface area (Å²) in [6.07, 6.45) is 5.71. The van der Waals surface area contributed by atoms with Gasteiger partial charge in [-0.15, -0.1) is 11.8 Å². The van der Waals surface area contributed by atoms with E-state index in [9.17, 15) is 4.79 Å². The number of anilines is 1. The van der Waals surface area contributed by atoms with Crippen LogP contribution >= 0.6 is 11.8 Å². The molecule has 1 aromatic carbocycles. The van der Waals surface area contributed by atoms with Gasteiger partial charge in [-0.05, 0) is 30.0 Å². The van der Waals surface area contributed by atoms with E-state index in [4.69, 9.17) is 0 Å². The number of hydrogen-bond donors (Lipinski definition) is 1. The molecule has 1 saturated heterocycles. The standard InChI is InChI=1S/C18H22N4OS/c1-24-17-7-3-2-6-16(17)20-18(23)22-11-9-21(10-12-22)14-15-5-4-8-19-13-15/h2-8,13H,9-12,14H2,1H3,(H,20,23). The Kier molecular flexibility index (Phi) is 5.72. The minimum atomic E-state index is -0.0162. The van der Waals surface area contributed by atoms with E-state index in [2.05, 4.69) is 21.3 Å². The highest BCUT2D eigenvalue weighted by molar-refractivity contribution is 7.98. The highest BCUT2D eigenvalue weighted by Crippen LogP contribution is 2.25. The number of rotatable bonds is 4. The maximum Gasteiger partial charge on any atom is 0.321 e. The first-order valence-corrected chi connectivity index (χ1v) is 9.29. The molecule has 6 heteroatoms. The van der Waals surface area contributed by atoms with E-state index < -0.39 is 0 Å². The van der Waals surface area contributed by atoms with Crippen LogP contribution in [0.25, 0.3) is 0 Å². The Bertz CT molecular complexity index is 672. The van der Waals surface area contributed by atoms with Crippen LogP contribution in [-0.4, -0.2) is 53.2 Å². The van der Waals surface area contributed by atoms with E-state index in [0.717, 1.165) is 43.3 Å². The van der Waals surface area contributed by atoms with Gasteiger partial charge in [0.15, 0.2) is 0 Å². The summed E-state index contributed by atoms with van der Waals surface area (Å²) >= 11 is 1.64. The van der Waals surface area contributed by atoms with Crippen LogP contribution < -0.4 is 5.32 Å². The number of para-hydroxylation sites is 1. The van der Waals surface area contributed by atoms with Crippen LogP contribution in [0.5, 0.6) is 0 Å². The summed E-state index contributed by atoms with van der Waals surface area (Å²) in [4.78, 5) is 22.0. The lowest BCUT2D eigenvalue weighted by molar-refractivity contribution is 0.143. The third kappa shape index (κ3) is 4.27. The summed E-state index contributed by atoms with van der Waals surface area (Å²) in [5, 5.41) is 3.03. The first kappa shape index (κ1) is 16.8. The number of amides is 2. The highest BCUT2D eigenvalue weighted by atomic mass is 32.2. The summed E-state index contributed by atoms with van der Waals surface area (Å²) < 4.78 is 0. The van der Waals surface area contributed by atoms with Gasteiger partial charge in [-0.25, -0.2) is 4.79 Å². The zero-order chi connectivity index (χ0) is 16.8. The van der Waals surface area contributed by atoms with Crippen molar-refractivity contribution in [1.29, 1.82) is 0 Å². The molecule has 2 aromatic rings. The van der Waals surface area contributed by atoms with Crippen LogP contribution in [-0.2, 0) is 6.54 Å². The van der Waals surface area contributed by atoms with Gasteiger partial charge in [-0.2, -0.15) is 0 Å². The van der Waals surface area contributed by atoms with Gasteiger partial charge in [0.2, 0.25) is 0 Å². The molecule has 1 fully saturated rings. The van der Waals surface area contributed by atoms with Gasteiger partial charge in [0, 0.05) is 50.0 Å². The molecule has 2 heterocycles. The Labute approximate surface area is 147 Å². The minimum Gasteiger partial charge on any atom is -0.322 e. The van der Waals surface area contributed by atoms with Crippen molar-refractivity contribution in [2.45, 2.75) is 11.4 Å². The van der Waals surface area contributed by atoms with Crippen molar-refractivity contribution in [2.75, 3.05) is 37.8 Å². The Morgan fingerprint density at radius 2 is 1.96 bits per heavy atom. The fourth-order valence-electron chi connectivity index (χ4n) is 2.80. The number of urea groups is 1. The summed E-state index contributed by atoms with van der Waals surface area (Å²) in [5.74, 6) is 0. The van der Waals surface area contributed by atoms with Crippen molar-refractivity contribution in [3.63, 3.8) is 0 Å². The largest absolute Gasteiger partial charge is 0.322 e. The van der Waals surface area contributed by atoms with Crippen LogP contribution in [0.15, 0.2) is 53.7 Å². The van der Waals surface area contributed by atoms with Crippen molar-refractivity contribution >= 4 is 23.5 Å². The Hall–Kier alpha value is -2.05. The topological polar surface area (TPSA) is 48.5 Å². The molecule has 0 aliphatic carbocycles. The van der Waals surface area contributed by atoms with E-state index >= 15 is 0 Å². The third-order valence-electron chi connectivity index (χ3n) is 4.14. The number of benzene rings is 1. The van der Waals surface area contributed by atoms with Gasteiger partial charge in [0.1, 0.15) is 0 Å². The molecule has 1 aliphatic heterocycles. The first-order valence-electron chi connectivity index (χ1n) is 8.06. The molecule has 1 N–H and O–H groups in total. The van der Waals surface area contributed by atoms with Crippen LogP contribution in [0.2, 0.25) is 0 Å². The second-order valence-electron chi connectivity index (χ2n) is 5.75. The van der Waals surface area contributed by atoms with Crippen molar-refractivity contribution in [2.24, 2.45) is 0 Å². The number of thioether (sulfide) groups is 1. The summed E-state index contributed by atoms with van der Waals surface area (Å²) in [5.41, 5.74) is 2.09. The molecular weight excluding hydrogens is 320 g/mol. The maximum atomic E-state index is 12.5. The van der Waals surface area contributed by atoms with E-state index in [-0.39, 0.29) is 6.03 Å². The summed E-state index contributed by atoms with van der Waals surface area (Å²) in [6, 6.07) is 11.9. The molecule has 0 unspecified atom stereocenters. The molecule has 0 bridgehead atoms. The van der Waals surface area contributed by atoms with Crippen molar-refractivity contribution < 1.29 is 4.79 Å². The van der Waals surface area contributed by atoms with Crippen molar-refractivity contribution in [3.8, 4) is 0 Å². The van der Waals surface area contributed by atoms with Gasteiger partial charge >= 0.3 is 6.03 Å². The molecule has 0 radical (unpaired) electrons. The highest BCUT2D eigenvalue weighted by Gasteiger charge is 2.21. The maximum absolute atomic E-state index is 12.5. The van der Waals surface area contributed by atoms with E-state index in [1.54, 1.807) is 18.0 Å². The molecule has 2 amide bonds. The predicted octanol–water partition coefficient (Wildman–Crippen LogP) is 3.15. The van der Waals surface area contributed by atoms with E-state index in [1.165, 1.54) is 5.56 Å². The number of carbonyl (C=O) groups is 1. The van der Waals surface area contributed by atoms with Crippen LogP contribution in [0, 0.1) is 0 Å². The van der Waals surface area contributed by atoms with Gasteiger partial charge in [-0.1, -0.05) is 18.2 Å². The quantitative estimate of drug-likeness (QED) is 0.867. The second-order valence-corrected chi connectivity index (χ2v) is 6.60. The number of aromatic nitrogens is 1. The van der Waals surface area contributed by atoms with Crippen LogP contribution in [0.3, 0.4) is 0 Å². The predicted molar refractivity (Wildman–Crippen MR) is 98.3 cm³/mol. The van der Waals surface area contributed by atoms with Crippen LogP contribution in [0.1, 0.15) is 5.56 Å². The van der Waals surface area contributed by atoms with E-state index in [1.807, 2.05) is 47.7 Å². The van der Waals surface area contributed by atoms with Gasteiger partial charge in [-0.3, -0.25) is 9.88 Å². The van der Waals surface area contributed by atoms with Crippen molar-refractivity contribution in [3.05, 3.63) is 54.4 Å². The lowest BCUT2D eigenvalue weighted by Crippen LogP contribution is -2.49. The average molecular weight is 342 g/mol. The fraction of sp³-hybridized carbons (Fsp3) is 0.333. The zero-order valence-corrected chi connectivity index (χ0v) is 14.6. The lowest BCUT2D eigenvalue weighted by atomic mass is 10.2. The number of hydrogen-bond acceptors (Lipinski definition) is 4. The normalized spacial score (nSPS) is 15.3. The van der Waals surface area contributed by atoms with Gasteiger partial charge in [0.05, 0.1) is 5.69 Å². The monoisotopic (exact) mass is 342 g/mol. The third-order valence-corrected chi connectivity index (χ3v) is 4.93. The molecule has 1 aromatic heterocycles. The van der Waals surface area contributed by atoms with Gasteiger partial charge < -0.3 is 10.2 Å². The Morgan fingerprint density at radius 1 is 1.17 bits per heavy atom. The molecule has 3 rings (SSSR count). The smallest absolute Gasteiger partial charge is 0.321 e. The minimum absolute atomic E-state index is 0.0162. The van der Waals surface area contributed by atoms with Crippen LogP contribution in [0.4, 0.5) is 10.5 Å². The SMILES string of the molecule is CSc1ccccc1NC(=O)N1CCN(Cc2cccnc2)CC1. The Morgan fingerprint density at radius 3 is 2.67 bits per heavy atom. The molecular formula is C18H22N4OS. The molecule has 0 saturated carbocycles. The van der Waals surface area contributed by atoms with Gasteiger partial charge in [0.25, 0.3) is 0 Å². The molecule has 126 valence electrons. The Balaban J connectivity index is 1.52. The number of pyridine rings is 1. The average Bonchev–Trinajstić information content (AvgIpc) is 2.63. The fourth-order valence-corrected chi connectivity index (χ4v) is 3.35. The van der Waals surface area contributed by atoms with Crippen molar-refractivity contribution in [1.82, 2.24) is 14.8 Å². The molecule has 0 atom stereocenters. The summed E-state index contributed by atoms with van der Waals surface area (Å²) in [6.45, 7) is 4.14.